The van der Waals surface area contributed by atoms with Gasteiger partial charge in [-0.25, -0.2) is 8.42 Å². The molecule has 2 heterocycles. The van der Waals surface area contributed by atoms with Crippen LogP contribution in [-0.4, -0.2) is 48.8 Å². The van der Waals surface area contributed by atoms with Gasteiger partial charge in [0.15, 0.2) is 9.84 Å². The second kappa shape index (κ2) is 5.52. The highest BCUT2D eigenvalue weighted by atomic mass is 32.2. The molecule has 6 heteroatoms. The molecule has 1 aromatic carbocycles. The Labute approximate surface area is 122 Å². The lowest BCUT2D eigenvalue weighted by Crippen LogP contribution is -2.40. The van der Waals surface area contributed by atoms with Crippen molar-refractivity contribution in [2.45, 2.75) is 0 Å². The fraction of sp³-hybridized carbons (Fsp3) is 0.357. The van der Waals surface area contributed by atoms with E-state index in [1.54, 1.807) is 0 Å². The smallest absolute Gasteiger partial charge is 0.152 e. The van der Waals surface area contributed by atoms with E-state index in [4.69, 9.17) is 0 Å². The number of aromatic nitrogens is 1. The second-order valence-corrected chi connectivity index (χ2v) is 7.94. The molecule has 0 N–H and O–H groups in total. The molecule has 0 spiro atoms. The third-order valence-electron chi connectivity index (χ3n) is 3.33. The quantitative estimate of drug-likeness (QED) is 0.747. The highest BCUT2D eigenvalue weighted by Gasteiger charge is 2.20. The minimum Gasteiger partial charge on any atom is -0.290 e. The first-order valence-electron chi connectivity index (χ1n) is 6.38. The zero-order valence-corrected chi connectivity index (χ0v) is 12.5. The van der Waals surface area contributed by atoms with Crippen LogP contribution in [0.3, 0.4) is 0 Å². The molecule has 0 saturated carbocycles. The number of sulfone groups is 1. The Bertz CT molecular complexity index is 770. The number of hydrogen-bond acceptors (Lipinski definition) is 5. The Hall–Kier alpha value is -1.42. The molecule has 0 radical (unpaired) electrons. The summed E-state index contributed by atoms with van der Waals surface area (Å²) >= 11 is 1.48. The van der Waals surface area contributed by atoms with Crippen molar-refractivity contribution in [1.29, 1.82) is 0 Å². The molecule has 0 aliphatic carbocycles. The van der Waals surface area contributed by atoms with Gasteiger partial charge in [-0.15, -0.1) is 0 Å². The summed E-state index contributed by atoms with van der Waals surface area (Å²) in [5.41, 5.74) is 0.974. The summed E-state index contributed by atoms with van der Waals surface area (Å²) < 4.78 is 27.9. The number of fused-ring (bicyclic) bond motifs is 1. The van der Waals surface area contributed by atoms with E-state index in [1.807, 2.05) is 24.4 Å². The van der Waals surface area contributed by atoms with Gasteiger partial charge in [-0.3, -0.25) is 4.90 Å². The Morgan fingerprint density at radius 3 is 2.90 bits per heavy atom. The summed E-state index contributed by atoms with van der Waals surface area (Å²) in [6.07, 6.45) is 1.85. The molecule has 1 aromatic heterocycles. The molecule has 0 atom stereocenters. The summed E-state index contributed by atoms with van der Waals surface area (Å²) in [5, 5.41) is 1.12. The third-order valence-corrected chi connectivity index (χ3v) is 5.71. The molecule has 104 valence electrons. The average molecular weight is 306 g/mol. The van der Waals surface area contributed by atoms with Crippen LogP contribution >= 0.6 is 11.5 Å². The molecule has 1 saturated heterocycles. The first kappa shape index (κ1) is 13.6. The molecule has 20 heavy (non-hydrogen) atoms. The van der Waals surface area contributed by atoms with Crippen LogP contribution in [0.2, 0.25) is 0 Å². The first-order valence-corrected chi connectivity index (χ1v) is 8.98. The van der Waals surface area contributed by atoms with Crippen molar-refractivity contribution in [3.8, 4) is 11.8 Å². The highest BCUT2D eigenvalue weighted by Crippen LogP contribution is 2.18. The Kier molecular flexibility index (Phi) is 3.74. The van der Waals surface area contributed by atoms with Gasteiger partial charge < -0.3 is 0 Å². The van der Waals surface area contributed by atoms with Crippen LogP contribution in [0.15, 0.2) is 24.4 Å². The first-order chi connectivity index (χ1) is 9.62. The van der Waals surface area contributed by atoms with Gasteiger partial charge in [0.1, 0.15) is 0 Å². The maximum Gasteiger partial charge on any atom is 0.152 e. The van der Waals surface area contributed by atoms with Crippen LogP contribution in [-0.2, 0) is 9.84 Å². The van der Waals surface area contributed by atoms with Gasteiger partial charge in [-0.2, -0.15) is 4.37 Å². The summed E-state index contributed by atoms with van der Waals surface area (Å²) in [5.74, 6) is 6.75. The Balaban J connectivity index is 1.64. The van der Waals surface area contributed by atoms with E-state index in [-0.39, 0.29) is 11.5 Å². The molecule has 1 aliphatic heterocycles. The zero-order chi connectivity index (χ0) is 14.0. The lowest BCUT2D eigenvalue weighted by atomic mass is 10.2. The SMILES string of the molecule is O=S1(=O)CCN(CC#Cc2ccc3sncc3c2)CC1. The minimum atomic E-state index is -2.81. The maximum atomic E-state index is 11.3. The Morgan fingerprint density at radius 1 is 1.30 bits per heavy atom. The van der Waals surface area contributed by atoms with Crippen molar-refractivity contribution in [3.63, 3.8) is 0 Å². The Morgan fingerprint density at radius 2 is 2.10 bits per heavy atom. The van der Waals surface area contributed by atoms with Gasteiger partial charge in [0.2, 0.25) is 0 Å². The minimum absolute atomic E-state index is 0.251. The number of rotatable bonds is 1. The van der Waals surface area contributed by atoms with Gasteiger partial charge in [0.05, 0.1) is 22.8 Å². The van der Waals surface area contributed by atoms with Gasteiger partial charge in [0, 0.05) is 30.2 Å². The monoisotopic (exact) mass is 306 g/mol. The molecule has 0 amide bonds. The lowest BCUT2D eigenvalue weighted by Gasteiger charge is -2.24. The van der Waals surface area contributed by atoms with E-state index < -0.39 is 9.84 Å². The predicted octanol–water partition coefficient (Wildman–Crippen LogP) is 1.38. The summed E-state index contributed by atoms with van der Waals surface area (Å²) in [4.78, 5) is 2.08. The molecule has 1 aliphatic rings. The molecule has 3 rings (SSSR count). The van der Waals surface area contributed by atoms with Crippen molar-refractivity contribution in [1.82, 2.24) is 9.27 Å². The van der Waals surface area contributed by atoms with E-state index in [0.717, 1.165) is 15.6 Å². The van der Waals surface area contributed by atoms with Gasteiger partial charge in [-0.05, 0) is 29.7 Å². The molecular formula is C14H14N2O2S2. The normalized spacial score (nSPS) is 18.6. The summed E-state index contributed by atoms with van der Waals surface area (Å²) in [6, 6.07) is 6.06. The van der Waals surface area contributed by atoms with E-state index in [9.17, 15) is 8.42 Å². The standard InChI is InChI=1S/C14H14N2O2S2/c17-20(18)8-6-16(7-9-20)5-1-2-12-3-4-14-13(10-12)11-15-19-14/h3-4,10-11H,5-9H2. The van der Waals surface area contributed by atoms with Crippen LogP contribution in [0.1, 0.15) is 5.56 Å². The van der Waals surface area contributed by atoms with Crippen LogP contribution in [0.25, 0.3) is 10.1 Å². The number of nitrogens with zero attached hydrogens (tertiary/aromatic N) is 2. The van der Waals surface area contributed by atoms with Gasteiger partial charge in [0.25, 0.3) is 0 Å². The molecule has 0 unspecified atom stereocenters. The van der Waals surface area contributed by atoms with E-state index in [2.05, 4.69) is 21.1 Å². The van der Waals surface area contributed by atoms with Crippen molar-refractivity contribution in [2.75, 3.05) is 31.1 Å². The van der Waals surface area contributed by atoms with E-state index >= 15 is 0 Å². The molecule has 2 aromatic rings. The third kappa shape index (κ3) is 3.18. The van der Waals surface area contributed by atoms with Crippen molar-refractivity contribution < 1.29 is 8.42 Å². The van der Waals surface area contributed by atoms with Crippen LogP contribution < -0.4 is 0 Å². The van der Waals surface area contributed by atoms with Crippen LogP contribution in [0, 0.1) is 11.8 Å². The van der Waals surface area contributed by atoms with Crippen molar-refractivity contribution in [2.24, 2.45) is 0 Å². The average Bonchev–Trinajstić information content (AvgIpc) is 2.88. The van der Waals surface area contributed by atoms with E-state index in [0.29, 0.717) is 19.6 Å². The largest absolute Gasteiger partial charge is 0.290 e. The van der Waals surface area contributed by atoms with Crippen molar-refractivity contribution >= 4 is 31.5 Å². The van der Waals surface area contributed by atoms with Gasteiger partial charge in [-0.1, -0.05) is 11.8 Å². The fourth-order valence-electron chi connectivity index (χ4n) is 2.11. The van der Waals surface area contributed by atoms with Crippen molar-refractivity contribution in [3.05, 3.63) is 30.0 Å². The summed E-state index contributed by atoms with van der Waals surface area (Å²) in [7, 11) is -2.81. The number of benzene rings is 1. The topological polar surface area (TPSA) is 50.3 Å². The van der Waals surface area contributed by atoms with Gasteiger partial charge >= 0.3 is 0 Å². The lowest BCUT2D eigenvalue weighted by molar-refractivity contribution is 0.332. The summed E-state index contributed by atoms with van der Waals surface area (Å²) in [6.45, 7) is 1.80. The van der Waals surface area contributed by atoms with Crippen LogP contribution in [0.5, 0.6) is 0 Å². The predicted molar refractivity (Wildman–Crippen MR) is 81.6 cm³/mol. The highest BCUT2D eigenvalue weighted by molar-refractivity contribution is 7.91. The fourth-order valence-corrected chi connectivity index (χ4v) is 4.01. The number of hydrogen-bond donors (Lipinski definition) is 0. The second-order valence-electron chi connectivity index (χ2n) is 4.81. The maximum absolute atomic E-state index is 11.3. The van der Waals surface area contributed by atoms with E-state index in [1.165, 1.54) is 11.5 Å². The molecular weight excluding hydrogens is 292 g/mol. The van der Waals surface area contributed by atoms with Crippen LogP contribution in [0.4, 0.5) is 0 Å². The zero-order valence-electron chi connectivity index (χ0n) is 10.9. The molecule has 1 fully saturated rings. The molecule has 4 nitrogen and oxygen atoms in total. The molecule has 0 bridgehead atoms.